The first-order chi connectivity index (χ1) is 9.60. The van der Waals surface area contributed by atoms with Gasteiger partial charge in [0.25, 0.3) is 0 Å². The van der Waals surface area contributed by atoms with Crippen molar-refractivity contribution in [2.24, 2.45) is 0 Å². The first-order valence-corrected chi connectivity index (χ1v) is 7.09. The number of esters is 1. The molecule has 2 heterocycles. The highest BCUT2D eigenvalue weighted by molar-refractivity contribution is 9.10. The molecule has 6 nitrogen and oxygen atoms in total. The molecule has 0 bridgehead atoms. The smallest absolute Gasteiger partial charge is 0.306 e. The molecule has 7 heteroatoms. The molecule has 0 saturated carbocycles. The molecular weight excluding hydrogens is 326 g/mol. The third-order valence-electron chi connectivity index (χ3n) is 2.75. The third-order valence-corrected chi connectivity index (χ3v) is 3.18. The molecule has 2 aromatic rings. The summed E-state index contributed by atoms with van der Waals surface area (Å²) in [5, 5.41) is 0. The minimum Gasteiger partial charge on any atom is -0.454 e. The maximum Gasteiger partial charge on any atom is 0.306 e. The minimum atomic E-state index is -0.432. The topological polar surface area (TPSA) is 77.1 Å². The van der Waals surface area contributed by atoms with E-state index in [1.807, 2.05) is 6.07 Å². The number of imidazole rings is 1. The van der Waals surface area contributed by atoms with Crippen molar-refractivity contribution >= 4 is 33.1 Å². The van der Waals surface area contributed by atoms with E-state index in [1.54, 1.807) is 20.2 Å². The van der Waals surface area contributed by atoms with Gasteiger partial charge in [-0.05, 0) is 35.3 Å². The van der Waals surface area contributed by atoms with Crippen LogP contribution in [0.15, 0.2) is 16.7 Å². The molecule has 0 amide bonds. The van der Waals surface area contributed by atoms with E-state index in [-0.39, 0.29) is 5.97 Å². The quantitative estimate of drug-likeness (QED) is 0.645. The van der Waals surface area contributed by atoms with Gasteiger partial charge in [-0.3, -0.25) is 4.79 Å². The number of pyridine rings is 1. The van der Waals surface area contributed by atoms with Crippen molar-refractivity contribution in [1.29, 1.82) is 0 Å². The van der Waals surface area contributed by atoms with Crippen molar-refractivity contribution in [1.82, 2.24) is 15.0 Å². The summed E-state index contributed by atoms with van der Waals surface area (Å²) < 4.78 is 11.1. The van der Waals surface area contributed by atoms with Crippen molar-refractivity contribution in [3.05, 3.63) is 22.6 Å². The van der Waals surface area contributed by atoms with E-state index in [9.17, 15) is 4.79 Å². The number of carbonyl (C=O) groups excluding carboxylic acids is 1. The normalized spacial score (nSPS) is 12.6. The van der Waals surface area contributed by atoms with Gasteiger partial charge in [0.2, 0.25) is 0 Å². The number of hydrogen-bond donors (Lipinski definition) is 1. The highest BCUT2D eigenvalue weighted by Crippen LogP contribution is 2.20. The Labute approximate surface area is 125 Å². The molecule has 0 aliphatic heterocycles. The Morgan fingerprint density at radius 3 is 3.10 bits per heavy atom. The lowest BCUT2D eigenvalue weighted by Crippen LogP contribution is -2.10. The predicted octanol–water partition coefficient (Wildman–Crippen LogP) is 2.75. The van der Waals surface area contributed by atoms with Gasteiger partial charge < -0.3 is 14.5 Å². The van der Waals surface area contributed by atoms with E-state index in [0.29, 0.717) is 30.9 Å². The highest BCUT2D eigenvalue weighted by atomic mass is 79.9. The fourth-order valence-corrected chi connectivity index (χ4v) is 2.09. The van der Waals surface area contributed by atoms with Crippen LogP contribution in [0.3, 0.4) is 0 Å². The average Bonchev–Trinajstić information content (AvgIpc) is 2.82. The summed E-state index contributed by atoms with van der Waals surface area (Å²) in [6, 6.07) is 1.88. The molecule has 108 valence electrons. The van der Waals surface area contributed by atoms with Crippen LogP contribution in [-0.4, -0.2) is 34.6 Å². The largest absolute Gasteiger partial charge is 0.454 e. The van der Waals surface area contributed by atoms with Crippen LogP contribution in [0.2, 0.25) is 0 Å². The van der Waals surface area contributed by atoms with Crippen molar-refractivity contribution in [3.63, 3.8) is 0 Å². The van der Waals surface area contributed by atoms with Gasteiger partial charge in [0.1, 0.15) is 5.82 Å². The predicted molar refractivity (Wildman–Crippen MR) is 77.2 cm³/mol. The summed E-state index contributed by atoms with van der Waals surface area (Å²) in [5.74, 6) is 0.329. The molecule has 2 aromatic heterocycles. The van der Waals surface area contributed by atoms with Crippen LogP contribution in [0.25, 0.3) is 11.2 Å². The van der Waals surface area contributed by atoms with Gasteiger partial charge >= 0.3 is 5.97 Å². The van der Waals surface area contributed by atoms with Crippen molar-refractivity contribution in [2.45, 2.75) is 25.9 Å². The lowest BCUT2D eigenvalue weighted by atomic mass is 10.3. The van der Waals surface area contributed by atoms with Crippen LogP contribution >= 0.6 is 15.9 Å². The fourth-order valence-electron chi connectivity index (χ4n) is 1.76. The molecule has 0 aliphatic rings. The second kappa shape index (κ2) is 6.81. The maximum atomic E-state index is 11.6. The Balaban J connectivity index is 2.00. The van der Waals surface area contributed by atoms with Gasteiger partial charge in [-0.25, -0.2) is 9.97 Å². The number of ether oxygens (including phenoxy) is 2. The molecular formula is C13H16BrN3O3. The molecule has 0 aromatic carbocycles. The zero-order valence-corrected chi connectivity index (χ0v) is 12.9. The molecule has 0 radical (unpaired) electrons. The number of nitrogens with zero attached hydrogens (tertiary/aromatic N) is 2. The molecule has 1 N–H and O–H groups in total. The van der Waals surface area contributed by atoms with Crippen LogP contribution in [0.4, 0.5) is 0 Å². The zero-order chi connectivity index (χ0) is 14.5. The Kier molecular flexibility index (Phi) is 5.08. The van der Waals surface area contributed by atoms with Gasteiger partial charge in [0, 0.05) is 30.8 Å². The summed E-state index contributed by atoms with van der Waals surface area (Å²) in [4.78, 5) is 23.2. The van der Waals surface area contributed by atoms with Crippen molar-refractivity contribution in [2.75, 3.05) is 13.7 Å². The van der Waals surface area contributed by atoms with Crippen molar-refractivity contribution in [3.8, 4) is 0 Å². The average molecular weight is 342 g/mol. The van der Waals surface area contributed by atoms with E-state index in [1.165, 1.54) is 0 Å². The minimum absolute atomic E-state index is 0.260. The Morgan fingerprint density at radius 1 is 1.55 bits per heavy atom. The number of fused-ring (bicyclic) bond motifs is 1. The summed E-state index contributed by atoms with van der Waals surface area (Å²) in [6.45, 7) is 2.33. The summed E-state index contributed by atoms with van der Waals surface area (Å²) in [6.07, 6.45) is 2.23. The molecule has 0 spiro atoms. The lowest BCUT2D eigenvalue weighted by Gasteiger charge is -2.10. The molecule has 20 heavy (non-hydrogen) atoms. The van der Waals surface area contributed by atoms with Gasteiger partial charge in [0.15, 0.2) is 11.8 Å². The molecule has 0 saturated heterocycles. The van der Waals surface area contributed by atoms with Crippen molar-refractivity contribution < 1.29 is 14.3 Å². The fraction of sp³-hybridized carbons (Fsp3) is 0.462. The van der Waals surface area contributed by atoms with E-state index in [0.717, 1.165) is 9.99 Å². The lowest BCUT2D eigenvalue weighted by molar-refractivity contribution is -0.149. The first kappa shape index (κ1) is 14.9. The van der Waals surface area contributed by atoms with Gasteiger partial charge in [-0.15, -0.1) is 0 Å². The Hall–Kier alpha value is -1.47. The molecule has 1 unspecified atom stereocenters. The second-order valence-electron chi connectivity index (χ2n) is 4.38. The highest BCUT2D eigenvalue weighted by Gasteiger charge is 2.16. The van der Waals surface area contributed by atoms with Crippen LogP contribution in [-0.2, 0) is 14.3 Å². The number of carbonyl (C=O) groups is 1. The summed E-state index contributed by atoms with van der Waals surface area (Å²) in [5.41, 5.74) is 1.40. The molecule has 0 aliphatic carbocycles. The summed E-state index contributed by atoms with van der Waals surface area (Å²) in [7, 11) is 1.60. The second-order valence-corrected chi connectivity index (χ2v) is 5.29. The van der Waals surface area contributed by atoms with Crippen LogP contribution in [0, 0.1) is 0 Å². The number of hydrogen-bond acceptors (Lipinski definition) is 5. The van der Waals surface area contributed by atoms with Crippen LogP contribution in [0.5, 0.6) is 0 Å². The van der Waals surface area contributed by atoms with E-state index in [2.05, 4.69) is 30.9 Å². The van der Waals surface area contributed by atoms with Gasteiger partial charge in [0.05, 0.1) is 5.52 Å². The number of halogens is 1. The third kappa shape index (κ3) is 3.77. The standard InChI is InChI=1S/C13H16BrN3O3/c1-8(20-11(18)4-3-5-19-2)12-16-10-6-9(14)7-15-13(10)17-12/h6-8H,3-5H2,1-2H3,(H,15,16,17). The Morgan fingerprint density at radius 2 is 2.35 bits per heavy atom. The number of aromatic amines is 1. The van der Waals surface area contributed by atoms with Gasteiger partial charge in [-0.2, -0.15) is 0 Å². The van der Waals surface area contributed by atoms with Gasteiger partial charge in [-0.1, -0.05) is 0 Å². The number of nitrogens with one attached hydrogen (secondary N) is 1. The number of H-pyrrole nitrogens is 1. The Bertz CT molecular complexity index is 600. The number of rotatable bonds is 6. The summed E-state index contributed by atoms with van der Waals surface area (Å²) >= 11 is 3.35. The van der Waals surface area contributed by atoms with Crippen LogP contribution < -0.4 is 0 Å². The monoisotopic (exact) mass is 341 g/mol. The van der Waals surface area contributed by atoms with E-state index >= 15 is 0 Å². The number of aromatic nitrogens is 3. The number of methoxy groups -OCH3 is 1. The zero-order valence-electron chi connectivity index (χ0n) is 11.4. The molecule has 1 atom stereocenters. The van der Waals surface area contributed by atoms with E-state index in [4.69, 9.17) is 9.47 Å². The first-order valence-electron chi connectivity index (χ1n) is 6.29. The SMILES string of the molecule is COCCCC(=O)OC(C)c1nc2ncc(Br)cc2[nH]1. The maximum absolute atomic E-state index is 11.6. The van der Waals surface area contributed by atoms with E-state index < -0.39 is 6.10 Å². The molecule has 2 rings (SSSR count). The van der Waals surface area contributed by atoms with Crippen LogP contribution in [0.1, 0.15) is 31.7 Å². The molecule has 0 fully saturated rings.